The maximum absolute atomic E-state index is 6.36. The van der Waals surface area contributed by atoms with Crippen LogP contribution in [0.2, 0.25) is 5.02 Å². The number of rotatable bonds is 4. The van der Waals surface area contributed by atoms with Crippen molar-refractivity contribution in [2.75, 3.05) is 0 Å². The summed E-state index contributed by atoms with van der Waals surface area (Å²) in [7, 11) is 0. The van der Waals surface area contributed by atoms with Crippen LogP contribution in [0.25, 0.3) is 0 Å². The molecule has 0 spiro atoms. The first-order valence-electron chi connectivity index (χ1n) is 7.88. The van der Waals surface area contributed by atoms with E-state index in [9.17, 15) is 0 Å². The average Bonchev–Trinajstić information content (AvgIpc) is 2.87. The number of benzene rings is 2. The first-order chi connectivity index (χ1) is 10.9. The molecule has 3 rings (SSSR count). The van der Waals surface area contributed by atoms with Gasteiger partial charge in [0.05, 0.1) is 5.02 Å². The van der Waals surface area contributed by atoms with Crippen molar-refractivity contribution in [2.24, 2.45) is 0 Å². The number of hydrogen-bond donors (Lipinski definition) is 1. The second kappa shape index (κ2) is 6.84. The van der Waals surface area contributed by atoms with E-state index in [2.05, 4.69) is 53.3 Å². The summed E-state index contributed by atoms with van der Waals surface area (Å²) in [5, 5.41) is 4.31. The van der Waals surface area contributed by atoms with Gasteiger partial charge in [0.1, 0.15) is 12.4 Å². The summed E-state index contributed by atoms with van der Waals surface area (Å²) in [5.41, 5.74) is 2.52. The van der Waals surface area contributed by atoms with E-state index in [0.29, 0.717) is 17.7 Å². The summed E-state index contributed by atoms with van der Waals surface area (Å²) in [4.78, 5) is 0. The molecule has 0 bridgehead atoms. The molecule has 1 heterocycles. The highest BCUT2D eigenvalue weighted by atomic mass is 79.9. The molecule has 2 nitrogen and oxygen atoms in total. The van der Waals surface area contributed by atoms with Gasteiger partial charge in [0.25, 0.3) is 0 Å². The summed E-state index contributed by atoms with van der Waals surface area (Å²) in [6.07, 6.45) is 2.28. The Morgan fingerprint density at radius 1 is 1.26 bits per heavy atom. The Kier molecular flexibility index (Phi) is 5.00. The fraction of sp³-hybridized carbons (Fsp3) is 0.368. The van der Waals surface area contributed by atoms with E-state index in [0.717, 1.165) is 28.6 Å². The fourth-order valence-corrected chi connectivity index (χ4v) is 3.98. The lowest BCUT2D eigenvalue weighted by molar-refractivity contribution is 0.305. The summed E-state index contributed by atoms with van der Waals surface area (Å²) >= 11 is 10.00. The van der Waals surface area contributed by atoms with Crippen molar-refractivity contribution in [3.05, 3.63) is 63.1 Å². The van der Waals surface area contributed by atoms with Gasteiger partial charge in [0.15, 0.2) is 0 Å². The molecule has 1 N–H and O–H groups in total. The molecule has 23 heavy (non-hydrogen) atoms. The van der Waals surface area contributed by atoms with E-state index < -0.39 is 0 Å². The van der Waals surface area contributed by atoms with Gasteiger partial charge < -0.3 is 10.1 Å². The number of nitrogens with one attached hydrogen (secondary N) is 1. The van der Waals surface area contributed by atoms with Crippen LogP contribution in [0, 0.1) is 0 Å². The Balaban J connectivity index is 1.80. The molecule has 0 aromatic heterocycles. The summed E-state index contributed by atoms with van der Waals surface area (Å²) in [5.74, 6) is 0.736. The summed E-state index contributed by atoms with van der Waals surface area (Å²) in [6.45, 7) is 5.00. The van der Waals surface area contributed by atoms with E-state index in [-0.39, 0.29) is 5.54 Å². The van der Waals surface area contributed by atoms with Crippen molar-refractivity contribution in [3.63, 3.8) is 0 Å². The predicted octanol–water partition coefficient (Wildman–Crippen LogP) is 5.88. The maximum Gasteiger partial charge on any atom is 0.138 e. The average molecular weight is 395 g/mol. The van der Waals surface area contributed by atoms with Gasteiger partial charge in [-0.1, -0.05) is 57.9 Å². The Morgan fingerprint density at radius 3 is 2.65 bits per heavy atom. The molecule has 122 valence electrons. The van der Waals surface area contributed by atoms with Crippen molar-refractivity contribution in [2.45, 2.75) is 44.9 Å². The highest BCUT2D eigenvalue weighted by molar-refractivity contribution is 9.10. The summed E-state index contributed by atoms with van der Waals surface area (Å²) < 4.78 is 6.98. The first kappa shape index (κ1) is 16.8. The van der Waals surface area contributed by atoms with Crippen molar-refractivity contribution >= 4 is 27.5 Å². The predicted molar refractivity (Wildman–Crippen MR) is 99.1 cm³/mol. The molecule has 0 aliphatic carbocycles. The van der Waals surface area contributed by atoms with Gasteiger partial charge >= 0.3 is 0 Å². The van der Waals surface area contributed by atoms with Gasteiger partial charge in [-0.2, -0.15) is 0 Å². The van der Waals surface area contributed by atoms with E-state index >= 15 is 0 Å². The van der Waals surface area contributed by atoms with Crippen LogP contribution in [0.1, 0.15) is 43.9 Å². The molecule has 1 unspecified atom stereocenters. The molecule has 0 amide bonds. The van der Waals surface area contributed by atoms with Crippen LogP contribution < -0.4 is 10.1 Å². The van der Waals surface area contributed by atoms with Crippen LogP contribution in [-0.2, 0) is 6.61 Å². The lowest BCUT2D eigenvalue weighted by Gasteiger charge is -2.22. The van der Waals surface area contributed by atoms with Crippen molar-refractivity contribution in [3.8, 4) is 5.75 Å². The zero-order valence-electron chi connectivity index (χ0n) is 13.4. The smallest absolute Gasteiger partial charge is 0.138 e. The van der Waals surface area contributed by atoms with Gasteiger partial charge in [-0.3, -0.25) is 0 Å². The van der Waals surface area contributed by atoms with Crippen LogP contribution in [0.15, 0.2) is 46.9 Å². The minimum atomic E-state index is 0.175. The van der Waals surface area contributed by atoms with E-state index in [1.54, 1.807) is 0 Å². The van der Waals surface area contributed by atoms with Crippen LogP contribution in [0.5, 0.6) is 5.75 Å². The second-order valence-electron chi connectivity index (χ2n) is 6.70. The number of halogens is 2. The molecule has 1 aliphatic rings. The molecule has 2 aromatic rings. The lowest BCUT2D eigenvalue weighted by atomic mass is 10.0. The van der Waals surface area contributed by atoms with Crippen LogP contribution in [0.4, 0.5) is 0 Å². The topological polar surface area (TPSA) is 21.3 Å². The maximum atomic E-state index is 6.36. The van der Waals surface area contributed by atoms with Gasteiger partial charge in [-0.15, -0.1) is 0 Å². The molecule has 1 aliphatic heterocycles. The molecular formula is C19H21BrClNO. The zero-order valence-corrected chi connectivity index (χ0v) is 15.7. The number of ether oxygens (including phenoxy) is 1. The largest absolute Gasteiger partial charge is 0.487 e. The Morgan fingerprint density at radius 2 is 2.00 bits per heavy atom. The minimum absolute atomic E-state index is 0.175. The van der Waals surface area contributed by atoms with Gasteiger partial charge in [-0.05, 0) is 49.9 Å². The van der Waals surface area contributed by atoms with Crippen LogP contribution in [-0.4, -0.2) is 5.54 Å². The van der Waals surface area contributed by atoms with Gasteiger partial charge in [0, 0.05) is 16.1 Å². The Labute approximate surface area is 151 Å². The molecular weight excluding hydrogens is 374 g/mol. The second-order valence-corrected chi connectivity index (χ2v) is 7.96. The standard InChI is InChI=1S/C19H21BrClNO/c1-19(2)9-8-17(22-19)14-10-18(16(21)11-15(14)20)23-12-13-6-4-3-5-7-13/h3-7,10-11,17,22H,8-9,12H2,1-2H3. The molecule has 2 aromatic carbocycles. The van der Waals surface area contributed by atoms with Crippen molar-refractivity contribution < 1.29 is 4.74 Å². The SMILES string of the molecule is CC1(C)CCC(c2cc(OCc3ccccc3)c(Cl)cc2Br)N1. The zero-order chi connectivity index (χ0) is 16.4. The third-order valence-electron chi connectivity index (χ3n) is 4.29. The fourth-order valence-electron chi connectivity index (χ4n) is 3.01. The first-order valence-corrected chi connectivity index (χ1v) is 9.05. The van der Waals surface area contributed by atoms with Crippen molar-refractivity contribution in [1.29, 1.82) is 0 Å². The Bertz CT molecular complexity index is 687. The van der Waals surface area contributed by atoms with Gasteiger partial charge in [-0.25, -0.2) is 0 Å². The van der Waals surface area contributed by atoms with E-state index in [1.165, 1.54) is 5.56 Å². The number of hydrogen-bond acceptors (Lipinski definition) is 2. The molecule has 1 saturated heterocycles. The molecule has 1 fully saturated rings. The molecule has 4 heteroatoms. The molecule has 1 atom stereocenters. The minimum Gasteiger partial charge on any atom is -0.487 e. The normalized spacial score (nSPS) is 19.7. The monoisotopic (exact) mass is 393 g/mol. The van der Waals surface area contributed by atoms with E-state index in [1.807, 2.05) is 24.3 Å². The highest BCUT2D eigenvalue weighted by Gasteiger charge is 2.32. The van der Waals surface area contributed by atoms with Gasteiger partial charge in [0.2, 0.25) is 0 Å². The summed E-state index contributed by atoms with van der Waals surface area (Å²) in [6, 6.07) is 14.5. The van der Waals surface area contributed by atoms with Crippen LogP contribution >= 0.6 is 27.5 Å². The quantitative estimate of drug-likeness (QED) is 0.698. The Hall–Kier alpha value is -1.03. The van der Waals surface area contributed by atoms with Crippen LogP contribution in [0.3, 0.4) is 0 Å². The lowest BCUT2D eigenvalue weighted by Crippen LogP contribution is -2.33. The van der Waals surface area contributed by atoms with E-state index in [4.69, 9.17) is 16.3 Å². The highest BCUT2D eigenvalue weighted by Crippen LogP contribution is 2.40. The third kappa shape index (κ3) is 4.09. The third-order valence-corrected chi connectivity index (χ3v) is 5.27. The molecule has 0 saturated carbocycles. The van der Waals surface area contributed by atoms with Crippen molar-refractivity contribution in [1.82, 2.24) is 5.32 Å². The molecule has 0 radical (unpaired) electrons.